The van der Waals surface area contributed by atoms with Gasteiger partial charge in [0.05, 0.1) is 28.4 Å². The fraction of sp³-hybridized carbons (Fsp3) is 0.500. The molecule has 1 aliphatic heterocycles. The van der Waals surface area contributed by atoms with Crippen molar-refractivity contribution in [3.8, 4) is 0 Å². The summed E-state index contributed by atoms with van der Waals surface area (Å²) in [6.07, 6.45) is 3.52. The third-order valence-corrected chi connectivity index (χ3v) is 3.81. The van der Waals surface area contributed by atoms with E-state index in [1.807, 2.05) is 0 Å². The summed E-state index contributed by atoms with van der Waals surface area (Å²) in [5.41, 5.74) is 0.460. The number of hydrogen-bond donors (Lipinski definition) is 2. The maximum Gasteiger partial charge on any atom is 0.238 e. The quantitative estimate of drug-likeness (QED) is 0.793. The molecule has 1 fully saturated rings. The highest BCUT2D eigenvalue weighted by atomic mass is 35.5. The van der Waals surface area contributed by atoms with E-state index in [2.05, 4.69) is 10.6 Å². The lowest BCUT2D eigenvalue weighted by Gasteiger charge is -2.11. The molecule has 1 aliphatic rings. The summed E-state index contributed by atoms with van der Waals surface area (Å²) in [4.78, 5) is 11.8. The zero-order valence-electron chi connectivity index (χ0n) is 11.1. The second-order valence-electron chi connectivity index (χ2n) is 4.75. The molecule has 0 spiro atoms. The molecular weight excluding hydrogens is 299 g/mol. The standard InChI is InChI=1S/C14H18Cl2N2O2/c15-11-4-1-5-12(16)14(11)18-13(19)9-17-7-6-10-3-2-8-20-10/h1,4-5,10,17H,2-3,6-9H2,(H,18,19). The summed E-state index contributed by atoms with van der Waals surface area (Å²) in [7, 11) is 0. The number of hydrogen-bond acceptors (Lipinski definition) is 3. The molecule has 1 amide bonds. The number of rotatable bonds is 6. The van der Waals surface area contributed by atoms with Crippen LogP contribution in [0.25, 0.3) is 0 Å². The maximum atomic E-state index is 11.8. The van der Waals surface area contributed by atoms with Gasteiger partial charge in [-0.3, -0.25) is 4.79 Å². The molecule has 1 aromatic rings. The van der Waals surface area contributed by atoms with Crippen LogP contribution in [-0.2, 0) is 9.53 Å². The van der Waals surface area contributed by atoms with Crippen molar-refractivity contribution in [1.82, 2.24) is 5.32 Å². The lowest BCUT2D eigenvalue weighted by atomic mass is 10.2. The van der Waals surface area contributed by atoms with E-state index in [-0.39, 0.29) is 12.5 Å². The molecule has 2 N–H and O–H groups in total. The van der Waals surface area contributed by atoms with Crippen LogP contribution < -0.4 is 10.6 Å². The van der Waals surface area contributed by atoms with Gasteiger partial charge in [-0.2, -0.15) is 0 Å². The number of carbonyl (C=O) groups excluding carboxylic acids is 1. The lowest BCUT2D eigenvalue weighted by molar-refractivity contribution is -0.115. The Kier molecular flexibility index (Phi) is 6.10. The number of carbonyl (C=O) groups is 1. The van der Waals surface area contributed by atoms with Gasteiger partial charge in [-0.1, -0.05) is 29.3 Å². The largest absolute Gasteiger partial charge is 0.378 e. The molecule has 1 atom stereocenters. The van der Waals surface area contributed by atoms with Gasteiger partial charge in [0.2, 0.25) is 5.91 Å². The van der Waals surface area contributed by atoms with E-state index in [4.69, 9.17) is 27.9 Å². The average Bonchev–Trinajstić information content (AvgIpc) is 2.92. The SMILES string of the molecule is O=C(CNCCC1CCCO1)Nc1c(Cl)cccc1Cl. The van der Waals surface area contributed by atoms with E-state index in [0.29, 0.717) is 21.8 Å². The van der Waals surface area contributed by atoms with Gasteiger partial charge in [-0.25, -0.2) is 0 Å². The van der Waals surface area contributed by atoms with E-state index < -0.39 is 0 Å². The third-order valence-electron chi connectivity index (χ3n) is 3.18. The first kappa shape index (κ1) is 15.6. The van der Waals surface area contributed by atoms with Crippen LogP contribution in [0.1, 0.15) is 19.3 Å². The van der Waals surface area contributed by atoms with Crippen LogP contribution in [0.15, 0.2) is 18.2 Å². The van der Waals surface area contributed by atoms with Crippen molar-refractivity contribution >= 4 is 34.8 Å². The Morgan fingerprint density at radius 2 is 2.10 bits per heavy atom. The molecule has 6 heteroatoms. The molecule has 1 saturated heterocycles. The fourth-order valence-corrected chi connectivity index (χ4v) is 2.63. The highest BCUT2D eigenvalue weighted by Crippen LogP contribution is 2.29. The van der Waals surface area contributed by atoms with Crippen molar-refractivity contribution in [3.63, 3.8) is 0 Å². The summed E-state index contributed by atoms with van der Waals surface area (Å²) in [5.74, 6) is -0.160. The van der Waals surface area contributed by atoms with Crippen LogP contribution in [-0.4, -0.2) is 31.7 Å². The topological polar surface area (TPSA) is 50.4 Å². The lowest BCUT2D eigenvalue weighted by Crippen LogP contribution is -2.30. The van der Waals surface area contributed by atoms with Crippen molar-refractivity contribution < 1.29 is 9.53 Å². The molecular formula is C14H18Cl2N2O2. The molecule has 0 aliphatic carbocycles. The molecule has 0 bridgehead atoms. The molecule has 1 heterocycles. The zero-order valence-corrected chi connectivity index (χ0v) is 12.6. The fourth-order valence-electron chi connectivity index (χ4n) is 2.14. The number of halogens is 2. The molecule has 0 aromatic heterocycles. The van der Waals surface area contributed by atoms with Crippen LogP contribution in [0.5, 0.6) is 0 Å². The predicted molar refractivity (Wildman–Crippen MR) is 81.6 cm³/mol. The first-order chi connectivity index (χ1) is 9.66. The minimum Gasteiger partial charge on any atom is -0.378 e. The van der Waals surface area contributed by atoms with Gasteiger partial charge in [-0.15, -0.1) is 0 Å². The second-order valence-corrected chi connectivity index (χ2v) is 5.56. The van der Waals surface area contributed by atoms with Crippen molar-refractivity contribution in [1.29, 1.82) is 0 Å². The van der Waals surface area contributed by atoms with E-state index in [1.165, 1.54) is 0 Å². The Labute approximate surface area is 128 Å². The van der Waals surface area contributed by atoms with Crippen molar-refractivity contribution in [2.75, 3.05) is 25.0 Å². The van der Waals surface area contributed by atoms with E-state index >= 15 is 0 Å². The summed E-state index contributed by atoms with van der Waals surface area (Å²) in [5, 5.41) is 6.67. The minimum atomic E-state index is -0.160. The Bertz CT molecular complexity index is 442. The van der Waals surface area contributed by atoms with Gasteiger partial charge >= 0.3 is 0 Å². The minimum absolute atomic E-state index is 0.160. The molecule has 2 rings (SSSR count). The molecule has 1 aromatic carbocycles. The van der Waals surface area contributed by atoms with Gasteiger partial charge in [0.1, 0.15) is 0 Å². The molecule has 4 nitrogen and oxygen atoms in total. The van der Waals surface area contributed by atoms with Crippen LogP contribution in [0.4, 0.5) is 5.69 Å². The average molecular weight is 317 g/mol. The number of benzene rings is 1. The maximum absolute atomic E-state index is 11.8. The first-order valence-electron chi connectivity index (χ1n) is 6.73. The van der Waals surface area contributed by atoms with Gasteiger partial charge in [0, 0.05) is 6.61 Å². The smallest absolute Gasteiger partial charge is 0.238 e. The summed E-state index contributed by atoms with van der Waals surface area (Å²) in [6.45, 7) is 1.85. The predicted octanol–water partition coefficient (Wildman–Crippen LogP) is 3.09. The Morgan fingerprint density at radius 3 is 2.75 bits per heavy atom. The Hall–Kier alpha value is -0.810. The van der Waals surface area contributed by atoms with Crippen LogP contribution in [0, 0.1) is 0 Å². The Morgan fingerprint density at radius 1 is 1.35 bits per heavy atom. The molecule has 1 unspecified atom stereocenters. The molecule has 0 saturated carbocycles. The van der Waals surface area contributed by atoms with Gasteiger partial charge in [0.25, 0.3) is 0 Å². The van der Waals surface area contributed by atoms with E-state index in [1.54, 1.807) is 18.2 Å². The zero-order chi connectivity index (χ0) is 14.4. The summed E-state index contributed by atoms with van der Waals surface area (Å²) >= 11 is 12.0. The number of nitrogens with one attached hydrogen (secondary N) is 2. The van der Waals surface area contributed by atoms with Crippen molar-refractivity contribution in [2.24, 2.45) is 0 Å². The summed E-state index contributed by atoms with van der Waals surface area (Å²) in [6, 6.07) is 5.11. The molecule has 0 radical (unpaired) electrons. The normalized spacial score (nSPS) is 18.2. The van der Waals surface area contributed by atoms with E-state index in [0.717, 1.165) is 32.4 Å². The number of para-hydroxylation sites is 1. The molecule has 20 heavy (non-hydrogen) atoms. The van der Waals surface area contributed by atoms with E-state index in [9.17, 15) is 4.79 Å². The van der Waals surface area contributed by atoms with Crippen molar-refractivity contribution in [3.05, 3.63) is 28.2 Å². The van der Waals surface area contributed by atoms with Crippen LogP contribution in [0.3, 0.4) is 0 Å². The van der Waals surface area contributed by atoms with Crippen molar-refractivity contribution in [2.45, 2.75) is 25.4 Å². The van der Waals surface area contributed by atoms with Gasteiger partial charge in [-0.05, 0) is 37.9 Å². The Balaban J connectivity index is 1.69. The monoisotopic (exact) mass is 316 g/mol. The number of anilines is 1. The molecule has 110 valence electrons. The first-order valence-corrected chi connectivity index (χ1v) is 7.48. The summed E-state index contributed by atoms with van der Waals surface area (Å²) < 4.78 is 5.51. The second kappa shape index (κ2) is 7.84. The number of ether oxygens (including phenoxy) is 1. The van der Waals surface area contributed by atoms with Crippen LogP contribution >= 0.6 is 23.2 Å². The van der Waals surface area contributed by atoms with Crippen LogP contribution in [0.2, 0.25) is 10.0 Å². The van der Waals surface area contributed by atoms with Gasteiger partial charge in [0.15, 0.2) is 0 Å². The third kappa shape index (κ3) is 4.63. The highest BCUT2D eigenvalue weighted by Gasteiger charge is 2.15. The van der Waals surface area contributed by atoms with Gasteiger partial charge < -0.3 is 15.4 Å². The number of amides is 1. The highest BCUT2D eigenvalue weighted by molar-refractivity contribution is 6.39.